The fraction of sp³-hybridized carbons (Fsp3) is 0.571. The van der Waals surface area contributed by atoms with Gasteiger partial charge in [0.05, 0.1) is 12.0 Å². The molecule has 0 N–H and O–H groups in total. The zero-order valence-electron chi connectivity index (χ0n) is 17.8. The van der Waals surface area contributed by atoms with Gasteiger partial charge in [-0.1, -0.05) is 30.3 Å². The molecule has 2 aliphatic rings. The van der Waals surface area contributed by atoms with Crippen LogP contribution in [0.15, 0.2) is 30.3 Å². The minimum atomic E-state index is -1.17. The average Bonchev–Trinajstić information content (AvgIpc) is 2.74. The number of ether oxygens (including phenoxy) is 6. The van der Waals surface area contributed by atoms with E-state index in [1.165, 1.54) is 7.11 Å². The third kappa shape index (κ3) is 5.36. The maximum Gasteiger partial charge on any atom is 0.414 e. The molecule has 31 heavy (non-hydrogen) atoms. The minimum absolute atomic E-state index is 0.145. The first-order chi connectivity index (χ1) is 14.7. The molecule has 168 valence electrons. The van der Waals surface area contributed by atoms with Gasteiger partial charge in [-0.05, 0) is 20.8 Å². The molecule has 2 heterocycles. The van der Waals surface area contributed by atoms with Crippen LogP contribution in [0.25, 0.3) is 5.53 Å². The van der Waals surface area contributed by atoms with Gasteiger partial charge in [-0.25, -0.2) is 4.79 Å². The van der Waals surface area contributed by atoms with E-state index in [4.69, 9.17) is 34.0 Å². The Morgan fingerprint density at radius 3 is 2.45 bits per heavy atom. The van der Waals surface area contributed by atoms with Crippen LogP contribution >= 0.6 is 0 Å². The molecule has 0 amide bonds. The van der Waals surface area contributed by atoms with Crippen molar-refractivity contribution < 1.29 is 42.8 Å². The van der Waals surface area contributed by atoms with Crippen LogP contribution in [-0.2, 0) is 38.0 Å². The molecule has 0 spiro atoms. The molecular formula is C21H26N2O8. The van der Waals surface area contributed by atoms with Crippen LogP contribution in [0.5, 0.6) is 0 Å². The van der Waals surface area contributed by atoms with Gasteiger partial charge < -0.3 is 34.0 Å². The SMILES string of the molecule is CO[C@@H]1OC2COC(c3ccccc3)O[C@@H]2C(OC(=O)C(C)(C)C)C1OC(=O)C=[N+]=[N-]. The van der Waals surface area contributed by atoms with Crippen molar-refractivity contribution in [3.8, 4) is 0 Å². The van der Waals surface area contributed by atoms with Gasteiger partial charge in [0.25, 0.3) is 0 Å². The molecule has 0 aliphatic carbocycles. The second-order valence-electron chi connectivity index (χ2n) is 8.22. The van der Waals surface area contributed by atoms with Crippen molar-refractivity contribution in [2.75, 3.05) is 13.7 Å². The van der Waals surface area contributed by atoms with E-state index in [1.807, 2.05) is 30.3 Å². The summed E-state index contributed by atoms with van der Waals surface area (Å²) < 4.78 is 34.2. The van der Waals surface area contributed by atoms with Crippen LogP contribution in [0.3, 0.4) is 0 Å². The maximum absolute atomic E-state index is 12.7. The summed E-state index contributed by atoms with van der Waals surface area (Å²) in [6.45, 7) is 5.26. The number of benzene rings is 1. The summed E-state index contributed by atoms with van der Waals surface area (Å²) in [7, 11) is 1.37. The molecule has 0 aromatic heterocycles. The third-order valence-corrected chi connectivity index (χ3v) is 4.86. The molecule has 1 aromatic carbocycles. The average molecular weight is 434 g/mol. The highest BCUT2D eigenvalue weighted by molar-refractivity contribution is 6.20. The maximum atomic E-state index is 12.7. The fourth-order valence-electron chi connectivity index (χ4n) is 3.29. The summed E-state index contributed by atoms with van der Waals surface area (Å²) in [6, 6.07) is 9.26. The van der Waals surface area contributed by atoms with E-state index in [-0.39, 0.29) is 6.61 Å². The van der Waals surface area contributed by atoms with Crippen molar-refractivity contribution in [1.82, 2.24) is 0 Å². The Morgan fingerprint density at radius 2 is 1.84 bits per heavy atom. The number of fused-ring (bicyclic) bond motifs is 1. The molecule has 2 saturated heterocycles. The summed E-state index contributed by atoms with van der Waals surface area (Å²) >= 11 is 0. The number of hydrogen-bond donors (Lipinski definition) is 0. The van der Waals surface area contributed by atoms with E-state index < -0.39 is 54.3 Å². The van der Waals surface area contributed by atoms with Crippen LogP contribution in [0.2, 0.25) is 0 Å². The summed E-state index contributed by atoms with van der Waals surface area (Å²) in [5, 5.41) is 0. The van der Waals surface area contributed by atoms with Gasteiger partial charge in [0.1, 0.15) is 12.2 Å². The summed E-state index contributed by atoms with van der Waals surface area (Å²) in [5.41, 5.74) is 8.59. The Balaban J connectivity index is 1.92. The second-order valence-corrected chi connectivity index (χ2v) is 8.22. The molecule has 4 unspecified atom stereocenters. The molecular weight excluding hydrogens is 408 g/mol. The highest BCUT2D eigenvalue weighted by Crippen LogP contribution is 2.37. The molecule has 3 rings (SSSR count). The number of nitrogens with zero attached hydrogens (tertiary/aromatic N) is 2. The Hall–Kier alpha value is -2.62. The molecule has 0 bridgehead atoms. The van der Waals surface area contributed by atoms with Crippen molar-refractivity contribution in [3.05, 3.63) is 41.4 Å². The highest BCUT2D eigenvalue weighted by atomic mass is 16.8. The smallest absolute Gasteiger partial charge is 0.414 e. The first kappa shape index (κ1) is 23.1. The second kappa shape index (κ2) is 9.67. The van der Waals surface area contributed by atoms with Gasteiger partial charge in [0.15, 0.2) is 24.8 Å². The van der Waals surface area contributed by atoms with Crippen molar-refractivity contribution >= 4 is 18.2 Å². The molecule has 10 heteroatoms. The van der Waals surface area contributed by atoms with Crippen LogP contribution < -0.4 is 0 Å². The Kier molecular flexibility index (Phi) is 7.19. The number of rotatable bonds is 5. The lowest BCUT2D eigenvalue weighted by atomic mass is 9.94. The third-order valence-electron chi connectivity index (χ3n) is 4.86. The van der Waals surface area contributed by atoms with E-state index in [2.05, 4.69) is 4.79 Å². The lowest BCUT2D eigenvalue weighted by molar-refractivity contribution is -0.359. The van der Waals surface area contributed by atoms with E-state index >= 15 is 0 Å². The van der Waals surface area contributed by atoms with Crippen LogP contribution in [-0.4, -0.2) is 67.4 Å². The first-order valence-electron chi connectivity index (χ1n) is 9.84. The summed E-state index contributed by atoms with van der Waals surface area (Å²) in [6.07, 6.45) is -4.87. The molecule has 6 atom stereocenters. The van der Waals surface area contributed by atoms with Crippen molar-refractivity contribution in [2.24, 2.45) is 5.41 Å². The number of carbonyl (C=O) groups excluding carboxylic acids is 2. The molecule has 1 aromatic rings. The number of carbonyl (C=O) groups is 2. The minimum Gasteiger partial charge on any atom is -0.455 e. The van der Waals surface area contributed by atoms with E-state index in [1.54, 1.807) is 20.8 Å². The van der Waals surface area contributed by atoms with Crippen LogP contribution in [0, 0.1) is 5.41 Å². The van der Waals surface area contributed by atoms with Crippen molar-refractivity contribution in [3.63, 3.8) is 0 Å². The van der Waals surface area contributed by atoms with E-state index in [0.29, 0.717) is 6.21 Å². The zero-order chi connectivity index (χ0) is 22.6. The molecule has 2 aliphatic heterocycles. The zero-order valence-corrected chi connectivity index (χ0v) is 17.8. The van der Waals surface area contributed by atoms with Crippen LogP contribution in [0.4, 0.5) is 0 Å². The normalized spacial score (nSPS) is 30.5. The van der Waals surface area contributed by atoms with E-state index in [9.17, 15) is 9.59 Å². The van der Waals surface area contributed by atoms with Gasteiger partial charge in [0.2, 0.25) is 0 Å². The lowest BCUT2D eigenvalue weighted by Crippen LogP contribution is -2.64. The highest BCUT2D eigenvalue weighted by Gasteiger charge is 2.54. The number of esters is 2. The quantitative estimate of drug-likeness (QED) is 0.296. The van der Waals surface area contributed by atoms with Gasteiger partial charge in [-0.3, -0.25) is 4.79 Å². The van der Waals surface area contributed by atoms with Gasteiger partial charge in [-0.2, -0.15) is 4.79 Å². The number of methoxy groups -OCH3 is 1. The Morgan fingerprint density at radius 1 is 1.13 bits per heavy atom. The first-order valence-corrected chi connectivity index (χ1v) is 9.84. The topological polar surface area (TPSA) is 126 Å². The predicted octanol–water partition coefficient (Wildman–Crippen LogP) is 1.64. The lowest BCUT2D eigenvalue weighted by Gasteiger charge is -2.48. The predicted molar refractivity (Wildman–Crippen MR) is 105 cm³/mol. The molecule has 10 nitrogen and oxygen atoms in total. The standard InChI is InChI=1S/C21H26N2O8/c1-21(2,3)20(25)31-16-15-13(11-27-18(30-15)12-8-6-5-7-9-12)28-19(26-4)17(16)29-14(24)10-23-22/h5-10,13,15-19H,11H2,1-4H3/t13?,15-,16?,17?,18?,19+/m0/s1. The van der Waals surface area contributed by atoms with Gasteiger partial charge in [0, 0.05) is 12.7 Å². The van der Waals surface area contributed by atoms with Gasteiger partial charge >= 0.3 is 18.2 Å². The van der Waals surface area contributed by atoms with Crippen molar-refractivity contribution in [2.45, 2.75) is 57.8 Å². The van der Waals surface area contributed by atoms with E-state index in [0.717, 1.165) is 5.56 Å². The van der Waals surface area contributed by atoms with Crippen molar-refractivity contribution in [1.29, 1.82) is 0 Å². The molecule has 0 radical (unpaired) electrons. The van der Waals surface area contributed by atoms with Gasteiger partial charge in [-0.15, -0.1) is 0 Å². The Bertz CT molecular complexity index is 834. The summed E-state index contributed by atoms with van der Waals surface area (Å²) in [5.74, 6) is -1.48. The summed E-state index contributed by atoms with van der Waals surface area (Å²) in [4.78, 5) is 27.4. The number of hydrogen-bond acceptors (Lipinski definition) is 8. The van der Waals surface area contributed by atoms with Crippen LogP contribution in [0.1, 0.15) is 32.6 Å². The fourth-order valence-corrected chi connectivity index (χ4v) is 3.29. The monoisotopic (exact) mass is 434 g/mol. The molecule has 2 fully saturated rings. The Labute approximate surface area is 179 Å². The largest absolute Gasteiger partial charge is 0.455 e. The molecule has 0 saturated carbocycles.